The minimum absolute atomic E-state index is 0.109. The number of hydrogen-bond acceptors (Lipinski definition) is 6. The fourth-order valence-corrected chi connectivity index (χ4v) is 5.33. The molecule has 0 aliphatic carbocycles. The normalized spacial score (nSPS) is 15.4. The van der Waals surface area contributed by atoms with Crippen LogP contribution in [0.5, 0.6) is 5.88 Å². The van der Waals surface area contributed by atoms with E-state index < -0.39 is 10.0 Å². The summed E-state index contributed by atoms with van der Waals surface area (Å²) in [6, 6.07) is 22.3. The lowest BCUT2D eigenvalue weighted by atomic mass is 10.1. The van der Waals surface area contributed by atoms with Gasteiger partial charge in [0, 0.05) is 31.5 Å². The Morgan fingerprint density at radius 1 is 0.818 bits per heavy atom. The van der Waals surface area contributed by atoms with Crippen LogP contribution in [0.4, 0.5) is 0 Å². The van der Waals surface area contributed by atoms with Crippen molar-refractivity contribution < 1.29 is 13.2 Å². The Bertz CT molecular complexity index is 1280. The summed E-state index contributed by atoms with van der Waals surface area (Å²) in [6.07, 6.45) is 4.52. The second kappa shape index (κ2) is 9.13. The molecule has 9 heteroatoms. The molecular weight excluding hydrogens is 438 g/mol. The number of nitrogens with zero attached hydrogens (tertiary/aromatic N) is 5. The highest BCUT2D eigenvalue weighted by Gasteiger charge is 2.30. The van der Waals surface area contributed by atoms with E-state index in [0.29, 0.717) is 42.5 Å². The summed E-state index contributed by atoms with van der Waals surface area (Å²) in [5.74, 6) is 1.02. The van der Waals surface area contributed by atoms with Crippen LogP contribution in [0, 0.1) is 0 Å². The molecule has 0 bridgehead atoms. The van der Waals surface area contributed by atoms with Gasteiger partial charge in [0.1, 0.15) is 6.10 Å². The first kappa shape index (κ1) is 21.3. The molecule has 0 N–H and O–H groups in total. The third kappa shape index (κ3) is 4.64. The van der Waals surface area contributed by atoms with Gasteiger partial charge in [-0.3, -0.25) is 0 Å². The van der Waals surface area contributed by atoms with E-state index >= 15 is 0 Å². The van der Waals surface area contributed by atoms with Crippen molar-refractivity contribution >= 4 is 10.0 Å². The minimum Gasteiger partial charge on any atom is -0.473 e. The Labute approximate surface area is 192 Å². The van der Waals surface area contributed by atoms with Gasteiger partial charge in [0.25, 0.3) is 0 Å². The Hall–Kier alpha value is -3.56. The van der Waals surface area contributed by atoms with E-state index in [4.69, 9.17) is 4.74 Å². The number of piperidine rings is 1. The van der Waals surface area contributed by atoms with Crippen LogP contribution < -0.4 is 4.74 Å². The van der Waals surface area contributed by atoms with Gasteiger partial charge in [0.15, 0.2) is 5.82 Å². The van der Waals surface area contributed by atoms with Crippen molar-refractivity contribution in [2.24, 2.45) is 0 Å². The lowest BCUT2D eigenvalue weighted by Gasteiger charge is -2.31. The zero-order valence-electron chi connectivity index (χ0n) is 17.9. The van der Waals surface area contributed by atoms with Crippen LogP contribution in [0.15, 0.2) is 90.1 Å². The molecule has 5 rings (SSSR count). The number of sulfonamides is 1. The Morgan fingerprint density at radius 3 is 2.18 bits per heavy atom. The van der Waals surface area contributed by atoms with Crippen molar-refractivity contribution in [3.8, 4) is 22.8 Å². The summed E-state index contributed by atoms with van der Waals surface area (Å²) in [7, 11) is -3.55. The highest BCUT2D eigenvalue weighted by atomic mass is 32.2. The predicted molar refractivity (Wildman–Crippen MR) is 123 cm³/mol. The Kier molecular flexibility index (Phi) is 5.89. The highest BCUT2D eigenvalue weighted by Crippen LogP contribution is 2.26. The summed E-state index contributed by atoms with van der Waals surface area (Å²) in [5, 5.41) is 12.4. The molecule has 1 saturated heterocycles. The van der Waals surface area contributed by atoms with E-state index in [2.05, 4.69) is 15.3 Å². The molecule has 0 amide bonds. The third-order valence-corrected chi connectivity index (χ3v) is 7.57. The summed E-state index contributed by atoms with van der Waals surface area (Å²) < 4.78 is 35.3. The lowest BCUT2D eigenvalue weighted by Crippen LogP contribution is -2.41. The molecule has 168 valence electrons. The number of rotatable bonds is 6. The average molecular weight is 462 g/mol. The van der Waals surface area contributed by atoms with Crippen molar-refractivity contribution in [1.29, 1.82) is 0 Å². The number of ether oxygens (including phenoxy) is 1. The molecule has 0 unspecified atom stereocenters. The molecular formula is C24H23N5O3S. The highest BCUT2D eigenvalue weighted by molar-refractivity contribution is 7.89. The van der Waals surface area contributed by atoms with E-state index in [9.17, 15) is 8.42 Å². The SMILES string of the molecule is O=S(=O)(c1ccc(-c2ccccc2)cc1)N1CCC(Oc2ccc(-n3cccn3)nn2)CC1. The molecule has 33 heavy (non-hydrogen) atoms. The first-order chi connectivity index (χ1) is 16.1. The van der Waals surface area contributed by atoms with Crippen LogP contribution in [0.25, 0.3) is 16.9 Å². The lowest BCUT2D eigenvalue weighted by molar-refractivity contribution is 0.128. The molecule has 0 spiro atoms. The van der Waals surface area contributed by atoms with Gasteiger partial charge in [0.2, 0.25) is 15.9 Å². The van der Waals surface area contributed by atoms with E-state index in [1.165, 1.54) is 4.31 Å². The van der Waals surface area contributed by atoms with E-state index in [-0.39, 0.29) is 6.10 Å². The van der Waals surface area contributed by atoms with Crippen molar-refractivity contribution in [3.05, 3.63) is 85.2 Å². The van der Waals surface area contributed by atoms with Crippen LogP contribution in [0.1, 0.15) is 12.8 Å². The predicted octanol–water partition coefficient (Wildman–Crippen LogP) is 3.56. The molecule has 2 aromatic carbocycles. The first-order valence-electron chi connectivity index (χ1n) is 10.8. The second-order valence-electron chi connectivity index (χ2n) is 7.79. The third-order valence-electron chi connectivity index (χ3n) is 5.65. The van der Waals surface area contributed by atoms with E-state index in [1.807, 2.05) is 48.5 Å². The molecule has 1 aliphatic rings. The van der Waals surface area contributed by atoms with E-state index in [0.717, 1.165) is 11.1 Å². The summed E-state index contributed by atoms with van der Waals surface area (Å²) >= 11 is 0. The van der Waals surface area contributed by atoms with Gasteiger partial charge in [0.05, 0.1) is 4.90 Å². The summed E-state index contributed by atoms with van der Waals surface area (Å²) in [6.45, 7) is 0.790. The maximum Gasteiger partial charge on any atom is 0.243 e. The quantitative estimate of drug-likeness (QED) is 0.436. The number of hydrogen-bond donors (Lipinski definition) is 0. The maximum absolute atomic E-state index is 13.1. The molecule has 1 aliphatic heterocycles. The standard InChI is InChI=1S/C24H23N5O3S/c30-33(31,22-9-7-20(8-10-22)19-5-2-1-3-6-19)28-17-13-21(14-18-28)32-24-12-11-23(26-27-24)29-16-4-15-25-29/h1-12,15-16,21H,13-14,17-18H2. The fraction of sp³-hybridized carbons (Fsp3) is 0.208. The molecule has 8 nitrogen and oxygen atoms in total. The molecule has 3 heterocycles. The van der Waals surface area contributed by atoms with Crippen LogP contribution in [-0.4, -0.2) is 51.9 Å². The van der Waals surface area contributed by atoms with Crippen LogP contribution in [0.3, 0.4) is 0 Å². The topological polar surface area (TPSA) is 90.2 Å². The second-order valence-corrected chi connectivity index (χ2v) is 9.73. The molecule has 0 saturated carbocycles. The minimum atomic E-state index is -3.55. The largest absolute Gasteiger partial charge is 0.473 e. The van der Waals surface area contributed by atoms with Gasteiger partial charge >= 0.3 is 0 Å². The van der Waals surface area contributed by atoms with Crippen LogP contribution >= 0.6 is 0 Å². The van der Waals surface area contributed by atoms with Gasteiger partial charge in [-0.1, -0.05) is 42.5 Å². The van der Waals surface area contributed by atoms with Gasteiger partial charge in [-0.2, -0.15) is 9.40 Å². The number of aromatic nitrogens is 4. The number of benzene rings is 2. The maximum atomic E-state index is 13.1. The van der Waals surface area contributed by atoms with Crippen molar-refractivity contribution in [1.82, 2.24) is 24.3 Å². The smallest absolute Gasteiger partial charge is 0.243 e. The summed E-state index contributed by atoms with van der Waals surface area (Å²) in [5.41, 5.74) is 2.04. The Balaban J connectivity index is 1.19. The zero-order valence-corrected chi connectivity index (χ0v) is 18.7. The van der Waals surface area contributed by atoms with Crippen molar-refractivity contribution in [2.45, 2.75) is 23.8 Å². The van der Waals surface area contributed by atoms with Gasteiger partial charge < -0.3 is 4.74 Å². The molecule has 0 atom stereocenters. The first-order valence-corrected chi connectivity index (χ1v) is 12.2. The molecule has 0 radical (unpaired) electrons. The average Bonchev–Trinajstić information content (AvgIpc) is 3.41. The van der Waals surface area contributed by atoms with Gasteiger partial charge in [-0.25, -0.2) is 13.1 Å². The van der Waals surface area contributed by atoms with Gasteiger partial charge in [-0.15, -0.1) is 10.2 Å². The van der Waals surface area contributed by atoms with Crippen LogP contribution in [-0.2, 0) is 10.0 Å². The van der Waals surface area contributed by atoms with Crippen molar-refractivity contribution in [3.63, 3.8) is 0 Å². The fourth-order valence-electron chi connectivity index (χ4n) is 3.86. The zero-order chi connectivity index (χ0) is 22.7. The Morgan fingerprint density at radius 2 is 1.55 bits per heavy atom. The molecule has 2 aromatic heterocycles. The molecule has 1 fully saturated rings. The summed E-state index contributed by atoms with van der Waals surface area (Å²) in [4.78, 5) is 0.307. The van der Waals surface area contributed by atoms with Gasteiger partial charge in [-0.05, 0) is 48.2 Å². The monoisotopic (exact) mass is 461 g/mol. The van der Waals surface area contributed by atoms with Crippen molar-refractivity contribution in [2.75, 3.05) is 13.1 Å². The molecule has 4 aromatic rings. The van der Waals surface area contributed by atoms with E-state index in [1.54, 1.807) is 41.3 Å². The van der Waals surface area contributed by atoms with Crippen LogP contribution in [0.2, 0.25) is 0 Å².